The summed E-state index contributed by atoms with van der Waals surface area (Å²) in [7, 11) is 0. The highest BCUT2D eigenvalue weighted by molar-refractivity contribution is 7.98. The number of hydrogen-bond donors (Lipinski definition) is 0. The van der Waals surface area contributed by atoms with Gasteiger partial charge in [-0.2, -0.15) is 0 Å². The third-order valence-electron chi connectivity index (χ3n) is 5.92. The fraction of sp³-hybridized carbons (Fsp3) is 0.231. The van der Waals surface area contributed by atoms with E-state index in [1.54, 1.807) is 22.8 Å². The summed E-state index contributed by atoms with van der Waals surface area (Å²) in [6, 6.07) is 17.8. The van der Waals surface area contributed by atoms with E-state index in [4.69, 9.17) is 23.9 Å². The highest BCUT2D eigenvalue weighted by atomic mass is 32.2. The molecule has 0 spiro atoms. The monoisotopic (exact) mass is 492 g/mol. The van der Waals surface area contributed by atoms with Gasteiger partial charge >= 0.3 is 0 Å². The second-order valence-corrected chi connectivity index (χ2v) is 9.22. The Balaban J connectivity index is 1.32. The van der Waals surface area contributed by atoms with Gasteiger partial charge in [0, 0.05) is 16.9 Å². The van der Waals surface area contributed by atoms with Gasteiger partial charge in [0.1, 0.15) is 18.2 Å². The molecule has 0 bridgehead atoms. The first-order valence-electron chi connectivity index (χ1n) is 11.2. The molecule has 6 rings (SSSR count). The van der Waals surface area contributed by atoms with Crippen molar-refractivity contribution >= 4 is 22.7 Å². The molecule has 7 nitrogen and oxygen atoms in total. The number of nitrogens with zero attached hydrogens (tertiary/aromatic N) is 2. The Bertz CT molecular complexity index is 1470. The quantitative estimate of drug-likeness (QED) is 0.299. The van der Waals surface area contributed by atoms with Crippen LogP contribution in [0.1, 0.15) is 11.1 Å². The molecule has 0 N–H and O–H groups in total. The van der Waals surface area contributed by atoms with Crippen molar-refractivity contribution in [3.63, 3.8) is 0 Å². The Morgan fingerprint density at radius 1 is 1.03 bits per heavy atom. The van der Waals surface area contributed by atoms with Crippen molar-refractivity contribution in [2.75, 3.05) is 13.4 Å². The maximum absolute atomic E-state index is 14.8. The summed E-state index contributed by atoms with van der Waals surface area (Å²) in [4.78, 5) is 18.2. The van der Waals surface area contributed by atoms with E-state index in [9.17, 15) is 9.18 Å². The fourth-order valence-electron chi connectivity index (χ4n) is 4.17. The molecular weight excluding hydrogens is 471 g/mol. The first-order valence-corrected chi connectivity index (χ1v) is 12.2. The molecule has 0 saturated carbocycles. The van der Waals surface area contributed by atoms with Gasteiger partial charge in [0.05, 0.1) is 24.1 Å². The van der Waals surface area contributed by atoms with Crippen LogP contribution < -0.4 is 19.8 Å². The number of aromatic nitrogens is 2. The molecule has 3 aromatic carbocycles. The zero-order valence-electron chi connectivity index (χ0n) is 18.6. The summed E-state index contributed by atoms with van der Waals surface area (Å²) in [6.07, 6.45) is -0.376. The van der Waals surface area contributed by atoms with Crippen LogP contribution in [0, 0.1) is 5.82 Å². The molecule has 1 aromatic heterocycles. The molecule has 1 unspecified atom stereocenters. The summed E-state index contributed by atoms with van der Waals surface area (Å²) in [5.41, 5.74) is 1.56. The van der Waals surface area contributed by atoms with Crippen molar-refractivity contribution in [1.82, 2.24) is 9.55 Å². The van der Waals surface area contributed by atoms with Gasteiger partial charge in [0.25, 0.3) is 5.56 Å². The number of ether oxygens (including phenoxy) is 4. The van der Waals surface area contributed by atoms with Crippen LogP contribution in [-0.4, -0.2) is 29.1 Å². The van der Waals surface area contributed by atoms with Crippen LogP contribution in [0.25, 0.3) is 10.9 Å². The van der Waals surface area contributed by atoms with E-state index in [-0.39, 0.29) is 36.6 Å². The Hall–Kier alpha value is -3.56. The van der Waals surface area contributed by atoms with Crippen LogP contribution >= 0.6 is 11.8 Å². The van der Waals surface area contributed by atoms with E-state index >= 15 is 0 Å². The third kappa shape index (κ3) is 4.33. The van der Waals surface area contributed by atoms with E-state index in [1.165, 1.54) is 17.8 Å². The Labute approximate surface area is 204 Å². The van der Waals surface area contributed by atoms with Crippen molar-refractivity contribution < 1.29 is 23.3 Å². The third-order valence-corrected chi connectivity index (χ3v) is 6.95. The lowest BCUT2D eigenvalue weighted by Gasteiger charge is -2.27. The highest BCUT2D eigenvalue weighted by Gasteiger charge is 2.24. The summed E-state index contributed by atoms with van der Waals surface area (Å²) in [6.45, 7) is 1.02. The molecule has 2 aliphatic rings. The molecule has 2 aliphatic heterocycles. The van der Waals surface area contributed by atoms with Gasteiger partial charge < -0.3 is 18.9 Å². The minimum atomic E-state index is -0.376. The highest BCUT2D eigenvalue weighted by Crippen LogP contribution is 2.33. The van der Waals surface area contributed by atoms with Crippen LogP contribution in [-0.2, 0) is 23.6 Å². The van der Waals surface area contributed by atoms with Crippen molar-refractivity contribution in [1.29, 1.82) is 0 Å². The first kappa shape index (κ1) is 21.9. The van der Waals surface area contributed by atoms with Gasteiger partial charge in [-0.1, -0.05) is 36.0 Å². The minimum Gasteiger partial charge on any atom is -0.486 e. The standard InChI is InChI=1S/C26H21FN2O5S/c27-20-9-16-12-31-15-33-24(16)10-17(20)14-35-26-28-21-6-2-1-5-19(21)25(30)29(26)11-18-13-32-22-7-3-4-8-23(22)34-18/h1-10,18H,11-15H2. The summed E-state index contributed by atoms with van der Waals surface area (Å²) >= 11 is 1.30. The Morgan fingerprint density at radius 2 is 1.86 bits per heavy atom. The number of thioether (sulfide) groups is 1. The first-order chi connectivity index (χ1) is 17.2. The largest absolute Gasteiger partial charge is 0.486 e. The van der Waals surface area contributed by atoms with Crippen LogP contribution in [0.4, 0.5) is 4.39 Å². The molecule has 178 valence electrons. The van der Waals surface area contributed by atoms with Gasteiger partial charge in [0.15, 0.2) is 29.6 Å². The molecule has 0 fully saturated rings. The lowest BCUT2D eigenvalue weighted by Crippen LogP contribution is -2.37. The second kappa shape index (κ2) is 9.24. The van der Waals surface area contributed by atoms with E-state index in [0.29, 0.717) is 57.6 Å². The van der Waals surface area contributed by atoms with Gasteiger partial charge in [-0.15, -0.1) is 0 Å². The second-order valence-electron chi connectivity index (χ2n) is 8.28. The number of benzene rings is 3. The number of fused-ring (bicyclic) bond motifs is 3. The SMILES string of the molecule is O=c1c2ccccc2nc(SCc2cc3c(cc2F)COCO3)n1CC1COc2ccccc2O1. The smallest absolute Gasteiger partial charge is 0.262 e. The lowest BCUT2D eigenvalue weighted by molar-refractivity contribution is -0.0166. The molecule has 0 amide bonds. The molecule has 0 saturated heterocycles. The zero-order chi connectivity index (χ0) is 23.8. The van der Waals surface area contributed by atoms with Crippen molar-refractivity contribution in [3.05, 3.63) is 88.0 Å². The van der Waals surface area contributed by atoms with Crippen LogP contribution in [0.3, 0.4) is 0 Å². The van der Waals surface area contributed by atoms with Crippen molar-refractivity contribution in [2.45, 2.75) is 30.2 Å². The predicted octanol–water partition coefficient (Wildman–Crippen LogP) is 4.53. The zero-order valence-corrected chi connectivity index (χ0v) is 19.4. The molecule has 3 heterocycles. The number of rotatable bonds is 5. The van der Waals surface area contributed by atoms with Gasteiger partial charge in [-0.3, -0.25) is 9.36 Å². The number of halogens is 1. The molecule has 35 heavy (non-hydrogen) atoms. The van der Waals surface area contributed by atoms with Crippen molar-refractivity contribution in [2.24, 2.45) is 0 Å². The summed E-state index contributed by atoms with van der Waals surface area (Å²) < 4.78 is 39.0. The maximum Gasteiger partial charge on any atom is 0.262 e. The van der Waals surface area contributed by atoms with E-state index < -0.39 is 0 Å². The van der Waals surface area contributed by atoms with Crippen molar-refractivity contribution in [3.8, 4) is 17.2 Å². The molecular formula is C26H21FN2O5S. The van der Waals surface area contributed by atoms with E-state index in [0.717, 1.165) is 0 Å². The number of para-hydroxylation sites is 3. The predicted molar refractivity (Wildman–Crippen MR) is 129 cm³/mol. The molecule has 9 heteroatoms. The molecule has 4 aromatic rings. The Morgan fingerprint density at radius 3 is 2.77 bits per heavy atom. The maximum atomic E-state index is 14.8. The van der Waals surface area contributed by atoms with Crippen LogP contribution in [0.5, 0.6) is 17.2 Å². The summed E-state index contributed by atoms with van der Waals surface area (Å²) in [5, 5.41) is 1.000. The molecule has 1 atom stereocenters. The Kier molecular flexibility index (Phi) is 5.79. The fourth-order valence-corrected chi connectivity index (χ4v) is 5.15. The van der Waals surface area contributed by atoms with Crippen LogP contribution in [0.2, 0.25) is 0 Å². The van der Waals surface area contributed by atoms with Gasteiger partial charge in [0.2, 0.25) is 0 Å². The summed E-state index contributed by atoms with van der Waals surface area (Å²) in [5.74, 6) is 1.86. The van der Waals surface area contributed by atoms with Gasteiger partial charge in [-0.05, 0) is 36.4 Å². The van der Waals surface area contributed by atoms with Crippen LogP contribution in [0.15, 0.2) is 70.6 Å². The average Bonchev–Trinajstić information content (AvgIpc) is 2.89. The topological polar surface area (TPSA) is 71.8 Å². The lowest BCUT2D eigenvalue weighted by atomic mass is 10.1. The molecule has 0 aliphatic carbocycles. The van der Waals surface area contributed by atoms with E-state index in [1.807, 2.05) is 36.4 Å². The number of hydrogen-bond acceptors (Lipinski definition) is 7. The van der Waals surface area contributed by atoms with Gasteiger partial charge in [-0.25, -0.2) is 9.37 Å². The van der Waals surface area contributed by atoms with E-state index in [2.05, 4.69) is 0 Å². The molecule has 0 radical (unpaired) electrons. The normalized spacial score (nSPS) is 16.5. The average molecular weight is 493 g/mol. The minimum absolute atomic E-state index is 0.142.